The zero-order valence-corrected chi connectivity index (χ0v) is 13.1. The highest BCUT2D eigenvalue weighted by atomic mass is 35.5. The number of hydrogen-bond donors (Lipinski definition) is 0. The lowest BCUT2D eigenvalue weighted by Crippen LogP contribution is -2.29. The number of nitrogens with zero attached hydrogens (tertiary/aromatic N) is 1. The van der Waals surface area contributed by atoms with Crippen molar-refractivity contribution in [2.24, 2.45) is 0 Å². The van der Waals surface area contributed by atoms with E-state index >= 15 is 0 Å². The molecule has 0 amide bonds. The van der Waals surface area contributed by atoms with Crippen molar-refractivity contribution in [1.29, 1.82) is 0 Å². The lowest BCUT2D eigenvalue weighted by Gasteiger charge is -2.17. The average Bonchev–Trinajstić information content (AvgIpc) is 2.42. The Labute approximate surface area is 132 Å². The molecule has 0 N–H and O–H groups in total. The third-order valence-electron chi connectivity index (χ3n) is 2.57. The second-order valence-corrected chi connectivity index (χ2v) is 4.95. The normalized spacial score (nSPS) is 11.8. The van der Waals surface area contributed by atoms with Crippen LogP contribution < -0.4 is 4.74 Å². The monoisotopic (exact) mass is 335 g/mol. The van der Waals surface area contributed by atoms with Crippen molar-refractivity contribution in [3.8, 4) is 5.75 Å². The number of halogens is 2. The van der Waals surface area contributed by atoms with Crippen LogP contribution in [0.5, 0.6) is 5.75 Å². The molecule has 0 saturated carbocycles. The number of esters is 1. The summed E-state index contributed by atoms with van der Waals surface area (Å²) >= 11 is 11.6. The Morgan fingerprint density at radius 2 is 1.95 bits per heavy atom. The molecule has 0 aromatic heterocycles. The quantitative estimate of drug-likeness (QED) is 0.427. The molecule has 0 radical (unpaired) electrons. The highest BCUT2D eigenvalue weighted by Gasteiger charge is 2.26. The number of hydrogen-bond acceptors (Lipinski definition) is 5. The van der Waals surface area contributed by atoms with Gasteiger partial charge in [0.15, 0.2) is 11.9 Å². The summed E-state index contributed by atoms with van der Waals surface area (Å²) in [6, 6.07) is 2.32. The van der Waals surface area contributed by atoms with Crippen molar-refractivity contribution < 1.29 is 19.2 Å². The fourth-order valence-corrected chi connectivity index (χ4v) is 1.94. The summed E-state index contributed by atoms with van der Waals surface area (Å²) in [6.45, 7) is 3.73. The van der Waals surface area contributed by atoms with Crippen LogP contribution in [0.25, 0.3) is 0 Å². The van der Waals surface area contributed by atoms with E-state index in [0.717, 1.165) is 6.07 Å². The highest BCUT2D eigenvalue weighted by molar-refractivity contribution is 6.42. The second-order valence-electron chi connectivity index (χ2n) is 4.14. The Bertz CT molecular complexity index is 536. The first-order valence-corrected chi connectivity index (χ1v) is 7.13. The van der Waals surface area contributed by atoms with Crippen molar-refractivity contribution in [3.63, 3.8) is 0 Å². The van der Waals surface area contributed by atoms with Crippen molar-refractivity contribution in [3.05, 3.63) is 32.3 Å². The molecule has 1 rings (SSSR count). The van der Waals surface area contributed by atoms with E-state index in [9.17, 15) is 14.9 Å². The van der Waals surface area contributed by atoms with Crippen LogP contribution in [-0.2, 0) is 9.53 Å². The van der Waals surface area contributed by atoms with Gasteiger partial charge in [-0.3, -0.25) is 10.1 Å². The smallest absolute Gasteiger partial charge is 0.347 e. The summed E-state index contributed by atoms with van der Waals surface area (Å²) in [4.78, 5) is 22.2. The van der Waals surface area contributed by atoms with Crippen molar-refractivity contribution in [2.75, 3.05) is 6.61 Å². The van der Waals surface area contributed by atoms with E-state index in [1.54, 1.807) is 6.92 Å². The molecule has 0 saturated heterocycles. The number of nitro groups is 1. The first-order valence-electron chi connectivity index (χ1n) is 6.37. The fourth-order valence-electron chi connectivity index (χ4n) is 1.63. The van der Waals surface area contributed by atoms with Gasteiger partial charge >= 0.3 is 11.7 Å². The third-order valence-corrected chi connectivity index (χ3v) is 3.29. The molecule has 1 aromatic rings. The Kier molecular flexibility index (Phi) is 6.71. The molecule has 116 valence electrons. The zero-order chi connectivity index (χ0) is 16.0. The molecule has 6 nitrogen and oxygen atoms in total. The van der Waals surface area contributed by atoms with Crippen molar-refractivity contribution in [2.45, 2.75) is 32.8 Å². The van der Waals surface area contributed by atoms with Gasteiger partial charge in [0.05, 0.1) is 21.6 Å². The predicted octanol–water partition coefficient (Wildman–Crippen LogP) is 4.01. The third kappa shape index (κ3) is 4.75. The Morgan fingerprint density at radius 3 is 2.48 bits per heavy atom. The van der Waals surface area contributed by atoms with Gasteiger partial charge in [-0.15, -0.1) is 0 Å². The van der Waals surface area contributed by atoms with Gasteiger partial charge in [0.2, 0.25) is 0 Å². The van der Waals surface area contributed by atoms with E-state index < -0.39 is 17.0 Å². The summed E-state index contributed by atoms with van der Waals surface area (Å²) in [5.41, 5.74) is -0.352. The first kappa shape index (κ1) is 17.5. The molecule has 0 aliphatic carbocycles. The van der Waals surface area contributed by atoms with Gasteiger partial charge < -0.3 is 9.47 Å². The molecule has 1 aromatic carbocycles. The molecule has 8 heteroatoms. The van der Waals surface area contributed by atoms with Crippen LogP contribution in [0.1, 0.15) is 26.7 Å². The van der Waals surface area contributed by atoms with Crippen LogP contribution >= 0.6 is 23.2 Å². The average molecular weight is 336 g/mol. The summed E-state index contributed by atoms with van der Waals surface area (Å²) < 4.78 is 10.3. The van der Waals surface area contributed by atoms with Crippen molar-refractivity contribution in [1.82, 2.24) is 0 Å². The van der Waals surface area contributed by atoms with Crippen LogP contribution in [0.4, 0.5) is 5.69 Å². The van der Waals surface area contributed by atoms with E-state index in [1.807, 2.05) is 6.92 Å². The van der Waals surface area contributed by atoms with Gasteiger partial charge in [-0.05, 0) is 13.3 Å². The minimum absolute atomic E-state index is 0.0406. The summed E-state index contributed by atoms with van der Waals surface area (Å²) in [7, 11) is 0. The zero-order valence-electron chi connectivity index (χ0n) is 11.6. The number of rotatable bonds is 7. The predicted molar refractivity (Wildman–Crippen MR) is 79.1 cm³/mol. The van der Waals surface area contributed by atoms with Crippen LogP contribution in [0.3, 0.4) is 0 Å². The van der Waals surface area contributed by atoms with Crippen LogP contribution in [0, 0.1) is 10.1 Å². The van der Waals surface area contributed by atoms with E-state index in [-0.39, 0.29) is 28.1 Å². The van der Waals surface area contributed by atoms with Crippen LogP contribution in [0.15, 0.2) is 12.1 Å². The maximum atomic E-state index is 11.8. The second kappa shape index (κ2) is 8.05. The van der Waals surface area contributed by atoms with Gasteiger partial charge in [0.1, 0.15) is 0 Å². The molecule has 21 heavy (non-hydrogen) atoms. The standard InChI is InChI=1S/C13H15Cl2NO5/c1-3-5-11(13(17)20-4-2)21-12-7-9(15)8(14)6-10(12)16(18)19/h6-7,11H,3-5H2,1-2H3. The maximum absolute atomic E-state index is 11.8. The number of ether oxygens (including phenoxy) is 2. The fraction of sp³-hybridized carbons (Fsp3) is 0.462. The van der Waals surface area contributed by atoms with Gasteiger partial charge in [-0.25, -0.2) is 4.79 Å². The number of nitro benzene ring substituents is 1. The minimum Gasteiger partial charge on any atom is -0.471 e. The molecule has 0 aliphatic heterocycles. The Hall–Kier alpha value is -1.53. The maximum Gasteiger partial charge on any atom is 0.347 e. The molecule has 0 fully saturated rings. The van der Waals surface area contributed by atoms with Gasteiger partial charge in [0, 0.05) is 12.1 Å². The molecule has 0 heterocycles. The van der Waals surface area contributed by atoms with Gasteiger partial charge in [0.25, 0.3) is 0 Å². The minimum atomic E-state index is -0.925. The lowest BCUT2D eigenvalue weighted by molar-refractivity contribution is -0.386. The largest absolute Gasteiger partial charge is 0.471 e. The molecule has 1 unspecified atom stereocenters. The molecular formula is C13H15Cl2NO5. The number of carbonyl (C=O) groups is 1. The van der Waals surface area contributed by atoms with Gasteiger partial charge in [-0.1, -0.05) is 36.5 Å². The molecule has 0 spiro atoms. The topological polar surface area (TPSA) is 78.7 Å². The van der Waals surface area contributed by atoms with E-state index in [0.29, 0.717) is 12.8 Å². The Balaban J connectivity index is 3.10. The number of carbonyl (C=O) groups excluding carboxylic acids is 1. The van der Waals surface area contributed by atoms with Gasteiger partial charge in [-0.2, -0.15) is 0 Å². The molecule has 0 aliphatic rings. The summed E-state index contributed by atoms with van der Waals surface area (Å²) in [6.07, 6.45) is 0.0976. The highest BCUT2D eigenvalue weighted by Crippen LogP contribution is 2.36. The molecule has 0 bridgehead atoms. The number of benzene rings is 1. The van der Waals surface area contributed by atoms with Crippen LogP contribution in [-0.4, -0.2) is 23.6 Å². The molecule has 1 atom stereocenters. The SMILES string of the molecule is CCCC(Oc1cc(Cl)c(Cl)cc1[N+](=O)[O-])C(=O)OCC. The summed E-state index contributed by atoms with van der Waals surface area (Å²) in [5.74, 6) is -0.680. The van der Waals surface area contributed by atoms with E-state index in [2.05, 4.69) is 0 Å². The van der Waals surface area contributed by atoms with E-state index in [1.165, 1.54) is 6.07 Å². The lowest BCUT2D eigenvalue weighted by atomic mass is 10.2. The Morgan fingerprint density at radius 1 is 1.33 bits per heavy atom. The first-order chi connectivity index (χ1) is 9.90. The van der Waals surface area contributed by atoms with Crippen molar-refractivity contribution >= 4 is 34.9 Å². The molecular weight excluding hydrogens is 321 g/mol. The van der Waals surface area contributed by atoms with E-state index in [4.69, 9.17) is 32.7 Å². The van der Waals surface area contributed by atoms with Crippen LogP contribution in [0.2, 0.25) is 10.0 Å². The summed E-state index contributed by atoms with van der Waals surface area (Å²) in [5, 5.41) is 11.2.